The van der Waals surface area contributed by atoms with Crippen LogP contribution in [0.4, 0.5) is 0 Å². The fraction of sp³-hybridized carbons (Fsp3) is 0.150. The van der Waals surface area contributed by atoms with Crippen LogP contribution >= 0.6 is 12.2 Å². The highest BCUT2D eigenvalue weighted by atomic mass is 32.1. The normalized spacial score (nSPS) is 17.1. The highest BCUT2D eigenvalue weighted by molar-refractivity contribution is 7.80. The minimum atomic E-state index is -1.04. The maximum absolute atomic E-state index is 13.1. The Morgan fingerprint density at radius 3 is 2.15 bits per heavy atom. The van der Waals surface area contributed by atoms with Crippen molar-refractivity contribution in [2.75, 3.05) is 0 Å². The minimum Gasteiger partial charge on any atom is -0.374 e. The third kappa shape index (κ3) is 3.41. The van der Waals surface area contributed by atoms with Crippen molar-refractivity contribution in [3.63, 3.8) is 0 Å². The Bertz CT molecular complexity index is 961. The molecule has 1 aliphatic heterocycles. The summed E-state index contributed by atoms with van der Waals surface area (Å²) in [5, 5.41) is 24.2. The Balaban J connectivity index is 2.18. The molecule has 0 aliphatic carbocycles. The number of nitrogens with two attached hydrogens (primary N) is 1. The number of benzene rings is 2. The molecule has 0 fully saturated rings. The molecule has 2 atom stereocenters. The molecule has 132 valence electrons. The van der Waals surface area contributed by atoms with E-state index >= 15 is 0 Å². The number of nitrogens with zero attached hydrogens (tertiary/aromatic N) is 4. The summed E-state index contributed by atoms with van der Waals surface area (Å²) < 4.78 is 0. The van der Waals surface area contributed by atoms with E-state index in [4.69, 9.17) is 18.0 Å². The lowest BCUT2D eigenvalue weighted by Gasteiger charge is -2.25. The van der Waals surface area contributed by atoms with Crippen LogP contribution in [0.3, 0.4) is 0 Å². The molecular weight excluding hydrogens is 358 g/mol. The van der Waals surface area contributed by atoms with Crippen LogP contribution in [0.1, 0.15) is 17.0 Å². The standard InChI is InChI=1S/C20H15N5OS/c21-11-15(12-22)16(13-7-3-1-4-8-13)17-18(14-9-5-2-6-10-14)24-25(19(17)26)20(23)27/h1-10,15-17H,(H2,23,27)/t16-,17-/m1/s1. The van der Waals surface area contributed by atoms with E-state index in [9.17, 15) is 15.3 Å². The lowest BCUT2D eigenvalue weighted by Crippen LogP contribution is -2.39. The topological polar surface area (TPSA) is 106 Å². The zero-order chi connectivity index (χ0) is 19.4. The Hall–Kier alpha value is -3.55. The molecule has 0 unspecified atom stereocenters. The van der Waals surface area contributed by atoms with Gasteiger partial charge >= 0.3 is 0 Å². The number of thiocarbonyl (C=S) groups is 1. The number of carbonyl (C=O) groups excluding carboxylic acids is 1. The second-order valence-electron chi connectivity index (χ2n) is 5.99. The summed E-state index contributed by atoms with van der Waals surface area (Å²) in [7, 11) is 0. The predicted octanol–water partition coefficient (Wildman–Crippen LogP) is 2.54. The van der Waals surface area contributed by atoms with E-state index in [1.807, 2.05) is 48.5 Å². The Labute approximate surface area is 162 Å². The van der Waals surface area contributed by atoms with E-state index in [0.29, 0.717) is 16.8 Å². The van der Waals surface area contributed by atoms with E-state index in [2.05, 4.69) is 5.10 Å². The number of amides is 1. The van der Waals surface area contributed by atoms with Crippen LogP contribution in [-0.2, 0) is 4.79 Å². The van der Waals surface area contributed by atoms with Crippen molar-refractivity contribution < 1.29 is 4.79 Å². The van der Waals surface area contributed by atoms with Gasteiger partial charge in [0.05, 0.1) is 23.8 Å². The SMILES string of the molecule is N#CC(C#N)[C@@H](c1ccccc1)[C@H]1C(=O)N(C(N)=S)N=C1c1ccccc1. The molecule has 6 nitrogen and oxygen atoms in total. The fourth-order valence-electron chi connectivity index (χ4n) is 3.24. The molecule has 27 heavy (non-hydrogen) atoms. The maximum atomic E-state index is 13.1. The summed E-state index contributed by atoms with van der Waals surface area (Å²) in [5.41, 5.74) is 7.53. The summed E-state index contributed by atoms with van der Waals surface area (Å²) in [5.74, 6) is -3.03. The van der Waals surface area contributed by atoms with E-state index in [1.54, 1.807) is 24.3 Å². The third-order valence-corrected chi connectivity index (χ3v) is 4.61. The Morgan fingerprint density at radius 2 is 1.63 bits per heavy atom. The van der Waals surface area contributed by atoms with Gasteiger partial charge < -0.3 is 5.73 Å². The summed E-state index contributed by atoms with van der Waals surface area (Å²) in [6.45, 7) is 0. The van der Waals surface area contributed by atoms with Crippen LogP contribution in [0.2, 0.25) is 0 Å². The van der Waals surface area contributed by atoms with Gasteiger partial charge in [0, 0.05) is 5.92 Å². The first-order chi connectivity index (χ1) is 13.1. The average Bonchev–Trinajstić information content (AvgIpc) is 3.04. The van der Waals surface area contributed by atoms with Gasteiger partial charge in [0.2, 0.25) is 0 Å². The van der Waals surface area contributed by atoms with Gasteiger partial charge in [-0.25, -0.2) is 0 Å². The van der Waals surface area contributed by atoms with E-state index in [0.717, 1.165) is 5.01 Å². The molecule has 2 aromatic carbocycles. The molecule has 2 aromatic rings. The molecular formula is C20H15N5OS. The summed E-state index contributed by atoms with van der Waals surface area (Å²) in [4.78, 5) is 13.1. The van der Waals surface area contributed by atoms with Crippen molar-refractivity contribution >= 4 is 28.9 Å². The summed E-state index contributed by atoms with van der Waals surface area (Å²) in [6.07, 6.45) is 0. The molecule has 2 N–H and O–H groups in total. The highest BCUT2D eigenvalue weighted by Crippen LogP contribution is 2.38. The average molecular weight is 373 g/mol. The van der Waals surface area contributed by atoms with Crippen LogP contribution in [0.25, 0.3) is 0 Å². The second-order valence-corrected chi connectivity index (χ2v) is 6.41. The number of nitriles is 2. The van der Waals surface area contributed by atoms with Crippen molar-refractivity contribution in [2.24, 2.45) is 22.7 Å². The predicted molar refractivity (Wildman–Crippen MR) is 104 cm³/mol. The van der Waals surface area contributed by atoms with E-state index < -0.39 is 23.7 Å². The van der Waals surface area contributed by atoms with Gasteiger partial charge in [-0.15, -0.1) is 0 Å². The number of hydrogen-bond donors (Lipinski definition) is 1. The molecule has 1 aliphatic rings. The van der Waals surface area contributed by atoms with Crippen LogP contribution in [-0.4, -0.2) is 21.7 Å². The van der Waals surface area contributed by atoms with Gasteiger partial charge in [0.25, 0.3) is 5.91 Å². The molecule has 3 rings (SSSR count). The van der Waals surface area contributed by atoms with Gasteiger partial charge in [-0.2, -0.15) is 20.6 Å². The molecule has 0 saturated heterocycles. The quantitative estimate of drug-likeness (QED) is 0.829. The molecule has 1 amide bonds. The monoisotopic (exact) mass is 373 g/mol. The number of carbonyl (C=O) groups is 1. The number of rotatable bonds is 4. The second kappa shape index (κ2) is 7.77. The molecule has 0 spiro atoms. The van der Waals surface area contributed by atoms with Crippen molar-refractivity contribution in [1.29, 1.82) is 10.5 Å². The van der Waals surface area contributed by atoms with E-state index in [1.165, 1.54) is 0 Å². The molecule has 0 saturated carbocycles. The summed E-state index contributed by atoms with van der Waals surface area (Å²) in [6, 6.07) is 22.2. The molecule has 0 aromatic heterocycles. The molecule has 0 bridgehead atoms. The van der Waals surface area contributed by atoms with Crippen LogP contribution < -0.4 is 5.73 Å². The van der Waals surface area contributed by atoms with Crippen molar-refractivity contribution in [3.8, 4) is 12.1 Å². The van der Waals surface area contributed by atoms with Gasteiger partial charge in [-0.05, 0) is 23.3 Å². The van der Waals surface area contributed by atoms with Crippen LogP contribution in [0.5, 0.6) is 0 Å². The molecule has 0 radical (unpaired) electrons. The maximum Gasteiger partial charge on any atom is 0.259 e. The smallest absolute Gasteiger partial charge is 0.259 e. The first kappa shape index (κ1) is 18.2. The number of hydrazone groups is 1. The van der Waals surface area contributed by atoms with Crippen molar-refractivity contribution in [3.05, 3.63) is 71.8 Å². The zero-order valence-corrected chi connectivity index (χ0v) is 15.0. The van der Waals surface area contributed by atoms with E-state index in [-0.39, 0.29) is 5.11 Å². The minimum absolute atomic E-state index is 0.173. The van der Waals surface area contributed by atoms with Gasteiger partial charge in [-0.1, -0.05) is 60.7 Å². The highest BCUT2D eigenvalue weighted by Gasteiger charge is 2.46. The largest absolute Gasteiger partial charge is 0.374 e. The Kier molecular flexibility index (Phi) is 5.25. The first-order valence-corrected chi connectivity index (χ1v) is 8.60. The zero-order valence-electron chi connectivity index (χ0n) is 14.2. The lowest BCUT2D eigenvalue weighted by molar-refractivity contribution is -0.128. The van der Waals surface area contributed by atoms with Crippen molar-refractivity contribution in [2.45, 2.75) is 5.92 Å². The van der Waals surface area contributed by atoms with Gasteiger partial charge in [0.1, 0.15) is 5.92 Å². The Morgan fingerprint density at radius 1 is 1.07 bits per heavy atom. The fourth-order valence-corrected chi connectivity index (χ4v) is 3.37. The molecule has 7 heteroatoms. The molecule has 1 heterocycles. The lowest BCUT2D eigenvalue weighted by atomic mass is 9.74. The number of hydrogen-bond acceptors (Lipinski definition) is 5. The third-order valence-electron chi connectivity index (χ3n) is 4.44. The van der Waals surface area contributed by atoms with Crippen LogP contribution in [0.15, 0.2) is 65.8 Å². The van der Waals surface area contributed by atoms with Gasteiger partial charge in [-0.3, -0.25) is 4.79 Å². The van der Waals surface area contributed by atoms with Gasteiger partial charge in [0.15, 0.2) is 5.11 Å². The first-order valence-electron chi connectivity index (χ1n) is 8.20. The summed E-state index contributed by atoms with van der Waals surface area (Å²) >= 11 is 4.96. The van der Waals surface area contributed by atoms with Crippen LogP contribution in [0, 0.1) is 34.5 Å². The van der Waals surface area contributed by atoms with Crippen molar-refractivity contribution in [1.82, 2.24) is 5.01 Å².